The zero-order valence-electron chi connectivity index (χ0n) is 10.7. The molecule has 21 heavy (non-hydrogen) atoms. The maximum absolute atomic E-state index is 12.2. The summed E-state index contributed by atoms with van der Waals surface area (Å²) in [5.74, 6) is -0.125. The molecule has 3 rings (SSSR count). The van der Waals surface area contributed by atoms with Gasteiger partial charge in [-0.1, -0.05) is 47.5 Å². The summed E-state index contributed by atoms with van der Waals surface area (Å²) in [5.41, 5.74) is 0.221. The Morgan fingerprint density at radius 1 is 0.952 bits per heavy atom. The summed E-state index contributed by atoms with van der Waals surface area (Å²) in [6.45, 7) is 0. The van der Waals surface area contributed by atoms with Gasteiger partial charge in [-0.3, -0.25) is 0 Å². The highest BCUT2D eigenvalue weighted by molar-refractivity contribution is 6.35. The van der Waals surface area contributed by atoms with Gasteiger partial charge in [-0.2, -0.15) is 0 Å². The van der Waals surface area contributed by atoms with Gasteiger partial charge in [-0.15, -0.1) is 0 Å². The standard InChI is InChI=1S/C16H9Cl2NO2/c17-13-7-8-14(11-5-2-1-4-10(11)13)21-16(20)12-6-3-9-19-15(12)18/h1-9H. The number of esters is 1. The number of rotatable bonds is 2. The van der Waals surface area contributed by atoms with Gasteiger partial charge in [0, 0.05) is 22.0 Å². The van der Waals surface area contributed by atoms with Crippen molar-refractivity contribution in [3.8, 4) is 5.75 Å². The summed E-state index contributed by atoms with van der Waals surface area (Å²) in [5, 5.41) is 2.30. The lowest BCUT2D eigenvalue weighted by Crippen LogP contribution is -2.10. The molecule has 0 aliphatic rings. The van der Waals surface area contributed by atoms with Crippen LogP contribution in [0.5, 0.6) is 5.75 Å². The third-order valence-electron chi connectivity index (χ3n) is 3.01. The number of hydrogen-bond acceptors (Lipinski definition) is 3. The Balaban J connectivity index is 2.01. The van der Waals surface area contributed by atoms with E-state index >= 15 is 0 Å². The first-order valence-electron chi connectivity index (χ1n) is 6.17. The van der Waals surface area contributed by atoms with Crippen LogP contribution in [-0.2, 0) is 0 Å². The zero-order valence-corrected chi connectivity index (χ0v) is 12.2. The number of pyridine rings is 1. The van der Waals surface area contributed by atoms with E-state index in [0.717, 1.165) is 10.8 Å². The van der Waals surface area contributed by atoms with Gasteiger partial charge in [0.2, 0.25) is 0 Å². The Labute approximate surface area is 131 Å². The second kappa shape index (κ2) is 5.72. The van der Waals surface area contributed by atoms with Crippen LogP contribution in [0.15, 0.2) is 54.7 Å². The summed E-state index contributed by atoms with van der Waals surface area (Å²) < 4.78 is 5.43. The molecule has 0 radical (unpaired) electrons. The van der Waals surface area contributed by atoms with E-state index in [2.05, 4.69) is 4.98 Å². The fourth-order valence-corrected chi connectivity index (χ4v) is 2.44. The Bertz CT molecular complexity index is 833. The lowest BCUT2D eigenvalue weighted by molar-refractivity contribution is 0.0737. The molecule has 2 aromatic carbocycles. The van der Waals surface area contributed by atoms with Crippen LogP contribution in [0.2, 0.25) is 10.2 Å². The van der Waals surface area contributed by atoms with Gasteiger partial charge < -0.3 is 4.74 Å². The normalized spacial score (nSPS) is 10.6. The highest BCUT2D eigenvalue weighted by Crippen LogP contribution is 2.31. The largest absolute Gasteiger partial charge is 0.422 e. The van der Waals surface area contributed by atoms with Gasteiger partial charge in [0.25, 0.3) is 0 Å². The molecule has 0 amide bonds. The maximum Gasteiger partial charge on any atom is 0.346 e. The van der Waals surface area contributed by atoms with Gasteiger partial charge in [-0.25, -0.2) is 9.78 Å². The first-order valence-corrected chi connectivity index (χ1v) is 6.92. The maximum atomic E-state index is 12.2. The molecule has 0 fully saturated rings. The summed E-state index contributed by atoms with van der Waals surface area (Å²) >= 11 is 12.0. The molecule has 104 valence electrons. The van der Waals surface area contributed by atoms with Gasteiger partial charge in [0.1, 0.15) is 10.9 Å². The third-order valence-corrected chi connectivity index (χ3v) is 3.64. The number of hydrogen-bond donors (Lipinski definition) is 0. The van der Waals surface area contributed by atoms with E-state index < -0.39 is 5.97 Å². The van der Waals surface area contributed by atoms with Gasteiger partial charge in [0.15, 0.2) is 0 Å². The van der Waals surface area contributed by atoms with Crippen LogP contribution in [-0.4, -0.2) is 11.0 Å². The molecule has 0 aliphatic heterocycles. The van der Waals surface area contributed by atoms with Crippen LogP contribution < -0.4 is 4.74 Å². The summed E-state index contributed by atoms with van der Waals surface area (Å²) in [6.07, 6.45) is 1.51. The van der Waals surface area contributed by atoms with E-state index in [4.69, 9.17) is 27.9 Å². The van der Waals surface area contributed by atoms with Crippen molar-refractivity contribution in [2.24, 2.45) is 0 Å². The quantitative estimate of drug-likeness (QED) is 0.388. The van der Waals surface area contributed by atoms with Crippen LogP contribution >= 0.6 is 23.2 Å². The van der Waals surface area contributed by atoms with Gasteiger partial charge in [0.05, 0.1) is 5.56 Å². The summed E-state index contributed by atoms with van der Waals surface area (Å²) in [6, 6.07) is 14.0. The highest BCUT2D eigenvalue weighted by Gasteiger charge is 2.15. The average Bonchev–Trinajstić information content (AvgIpc) is 2.51. The van der Waals surface area contributed by atoms with Crippen LogP contribution in [0.25, 0.3) is 10.8 Å². The number of ether oxygens (including phenoxy) is 1. The molecular formula is C16H9Cl2NO2. The molecule has 0 unspecified atom stereocenters. The molecule has 3 nitrogen and oxygen atoms in total. The number of carbonyl (C=O) groups is 1. The van der Waals surface area contributed by atoms with Crippen LogP contribution in [0.4, 0.5) is 0 Å². The minimum absolute atomic E-state index is 0.112. The van der Waals surface area contributed by atoms with Crippen LogP contribution in [0, 0.1) is 0 Å². The molecule has 0 atom stereocenters. The van der Waals surface area contributed by atoms with Crippen molar-refractivity contribution in [3.05, 3.63) is 70.5 Å². The molecule has 0 aliphatic carbocycles. The second-order valence-corrected chi connectivity index (χ2v) is 5.09. The second-order valence-electron chi connectivity index (χ2n) is 4.32. The molecule has 5 heteroatoms. The zero-order chi connectivity index (χ0) is 14.8. The van der Waals surface area contributed by atoms with Crippen molar-refractivity contribution < 1.29 is 9.53 Å². The number of halogens is 2. The molecule has 0 saturated carbocycles. The molecule has 0 saturated heterocycles. The monoisotopic (exact) mass is 317 g/mol. The van der Waals surface area contributed by atoms with Gasteiger partial charge >= 0.3 is 5.97 Å². The molecule has 1 aromatic heterocycles. The van der Waals surface area contributed by atoms with Crippen LogP contribution in [0.3, 0.4) is 0 Å². The lowest BCUT2D eigenvalue weighted by atomic mass is 10.1. The number of benzene rings is 2. The van der Waals surface area contributed by atoms with Crippen molar-refractivity contribution in [3.63, 3.8) is 0 Å². The molecule has 3 aromatic rings. The topological polar surface area (TPSA) is 39.2 Å². The van der Waals surface area contributed by atoms with E-state index in [-0.39, 0.29) is 10.7 Å². The van der Waals surface area contributed by atoms with E-state index in [9.17, 15) is 4.79 Å². The van der Waals surface area contributed by atoms with Crippen molar-refractivity contribution >= 4 is 39.9 Å². The summed E-state index contributed by atoms with van der Waals surface area (Å²) in [4.78, 5) is 16.0. The molecule has 1 heterocycles. The minimum atomic E-state index is -0.555. The number of fused-ring (bicyclic) bond motifs is 1. The number of aromatic nitrogens is 1. The van der Waals surface area contributed by atoms with E-state index in [1.165, 1.54) is 6.20 Å². The first kappa shape index (κ1) is 13.9. The van der Waals surface area contributed by atoms with E-state index in [0.29, 0.717) is 10.8 Å². The van der Waals surface area contributed by atoms with E-state index in [1.54, 1.807) is 24.3 Å². The van der Waals surface area contributed by atoms with Crippen LogP contribution in [0.1, 0.15) is 10.4 Å². The highest BCUT2D eigenvalue weighted by atomic mass is 35.5. The number of nitrogens with zero attached hydrogens (tertiary/aromatic N) is 1. The van der Waals surface area contributed by atoms with Crippen molar-refractivity contribution in [1.82, 2.24) is 4.98 Å². The predicted molar refractivity (Wildman–Crippen MR) is 83.2 cm³/mol. The Morgan fingerprint density at radius 2 is 1.71 bits per heavy atom. The molecule has 0 N–H and O–H groups in total. The Morgan fingerprint density at radius 3 is 2.48 bits per heavy atom. The molecular weight excluding hydrogens is 309 g/mol. The minimum Gasteiger partial charge on any atom is -0.422 e. The van der Waals surface area contributed by atoms with E-state index in [1.807, 2.05) is 24.3 Å². The first-order chi connectivity index (χ1) is 10.2. The SMILES string of the molecule is O=C(Oc1ccc(Cl)c2ccccc12)c1cccnc1Cl. The lowest BCUT2D eigenvalue weighted by Gasteiger charge is -2.09. The molecule has 0 spiro atoms. The smallest absolute Gasteiger partial charge is 0.346 e. The van der Waals surface area contributed by atoms with Crippen molar-refractivity contribution in [2.75, 3.05) is 0 Å². The Hall–Kier alpha value is -2.10. The van der Waals surface area contributed by atoms with Gasteiger partial charge in [-0.05, 0) is 24.3 Å². The third kappa shape index (κ3) is 2.71. The van der Waals surface area contributed by atoms with Crippen molar-refractivity contribution in [2.45, 2.75) is 0 Å². The fourth-order valence-electron chi connectivity index (χ4n) is 2.02. The average molecular weight is 318 g/mol. The predicted octanol–water partition coefficient (Wildman–Crippen LogP) is 4.76. The fraction of sp³-hybridized carbons (Fsp3) is 0. The summed E-state index contributed by atoms with van der Waals surface area (Å²) in [7, 11) is 0. The molecule has 0 bridgehead atoms. The van der Waals surface area contributed by atoms with Crippen molar-refractivity contribution in [1.29, 1.82) is 0 Å². The number of carbonyl (C=O) groups excluding carboxylic acids is 1. The Kier molecular flexibility index (Phi) is 3.78.